The van der Waals surface area contributed by atoms with Gasteiger partial charge in [0.1, 0.15) is 23.8 Å². The summed E-state index contributed by atoms with van der Waals surface area (Å²) in [5.41, 5.74) is 5.68. The number of benzene rings is 1. The highest BCUT2D eigenvalue weighted by molar-refractivity contribution is 7.91. The number of hydrogen-bond donors (Lipinski definition) is 1. The molecule has 0 saturated carbocycles. The maximum absolute atomic E-state index is 13.6. The molecule has 1 unspecified atom stereocenters. The van der Waals surface area contributed by atoms with Crippen molar-refractivity contribution >= 4 is 33.2 Å². The van der Waals surface area contributed by atoms with E-state index in [9.17, 15) is 17.6 Å². The zero-order valence-corrected chi connectivity index (χ0v) is 21.6. The third kappa shape index (κ3) is 5.01. The number of amides is 1. The first kappa shape index (κ1) is 25.8. The van der Waals surface area contributed by atoms with Gasteiger partial charge in [0.2, 0.25) is 15.7 Å². The molecular formula is C25H26ClFN4O4S. The van der Waals surface area contributed by atoms with E-state index in [1.54, 1.807) is 0 Å². The SMILES string of the molecule is CC1CN(c2nccc(S(=O)(=O)c3cccc(OCc4ccc(F)cc4Cl)n3)c2C(N)=O)C(C)(C)C1. The summed E-state index contributed by atoms with van der Waals surface area (Å²) in [6.07, 6.45) is 2.20. The zero-order chi connectivity index (χ0) is 26.3. The Morgan fingerprint density at radius 2 is 2.03 bits per heavy atom. The Bertz CT molecular complexity index is 1430. The molecule has 0 aliphatic carbocycles. The number of ether oxygens (including phenoxy) is 1. The molecule has 1 amide bonds. The van der Waals surface area contributed by atoms with Crippen molar-refractivity contribution in [1.82, 2.24) is 9.97 Å². The summed E-state index contributed by atoms with van der Waals surface area (Å²) < 4.78 is 46.2. The third-order valence-electron chi connectivity index (χ3n) is 6.12. The second kappa shape index (κ2) is 9.67. The van der Waals surface area contributed by atoms with Gasteiger partial charge >= 0.3 is 0 Å². The molecule has 2 aromatic heterocycles. The molecule has 1 atom stereocenters. The number of nitrogens with zero attached hydrogens (tertiary/aromatic N) is 3. The Balaban J connectivity index is 1.70. The van der Waals surface area contributed by atoms with Crippen LogP contribution in [-0.4, -0.2) is 36.4 Å². The van der Waals surface area contributed by atoms with E-state index in [4.69, 9.17) is 22.1 Å². The lowest BCUT2D eigenvalue weighted by molar-refractivity contribution is 0.0997. The first-order valence-corrected chi connectivity index (χ1v) is 13.1. The molecular weight excluding hydrogens is 507 g/mol. The highest BCUT2D eigenvalue weighted by Gasteiger charge is 2.40. The molecule has 4 rings (SSSR count). The van der Waals surface area contributed by atoms with Crippen LogP contribution in [0.4, 0.5) is 10.2 Å². The predicted molar refractivity (Wildman–Crippen MR) is 133 cm³/mol. The minimum atomic E-state index is -4.27. The maximum Gasteiger partial charge on any atom is 0.253 e. The molecule has 3 aromatic rings. The fourth-order valence-corrected chi connectivity index (χ4v) is 6.20. The normalized spacial score (nSPS) is 17.2. The third-order valence-corrected chi connectivity index (χ3v) is 8.17. The lowest BCUT2D eigenvalue weighted by atomic mass is 9.97. The summed E-state index contributed by atoms with van der Waals surface area (Å²) in [7, 11) is -4.27. The van der Waals surface area contributed by atoms with Crippen LogP contribution in [0.3, 0.4) is 0 Å². The Kier molecular flexibility index (Phi) is 6.94. The van der Waals surface area contributed by atoms with Crippen molar-refractivity contribution in [3.8, 4) is 5.88 Å². The molecule has 1 fully saturated rings. The average molecular weight is 533 g/mol. The fourth-order valence-electron chi connectivity index (χ4n) is 4.58. The second-order valence-corrected chi connectivity index (χ2v) is 11.7. The van der Waals surface area contributed by atoms with Gasteiger partial charge < -0.3 is 15.4 Å². The van der Waals surface area contributed by atoms with Crippen LogP contribution in [-0.2, 0) is 16.4 Å². The molecule has 1 aliphatic rings. The van der Waals surface area contributed by atoms with Crippen molar-refractivity contribution in [1.29, 1.82) is 0 Å². The van der Waals surface area contributed by atoms with E-state index in [2.05, 4.69) is 16.9 Å². The van der Waals surface area contributed by atoms with Crippen LogP contribution in [0.5, 0.6) is 5.88 Å². The lowest BCUT2D eigenvalue weighted by Gasteiger charge is -2.33. The lowest BCUT2D eigenvalue weighted by Crippen LogP contribution is -2.40. The topological polar surface area (TPSA) is 115 Å². The Labute approximate surface area is 214 Å². The van der Waals surface area contributed by atoms with Crippen LogP contribution in [0.15, 0.2) is 58.6 Å². The summed E-state index contributed by atoms with van der Waals surface area (Å²) in [5.74, 6) is -0.806. The van der Waals surface area contributed by atoms with Gasteiger partial charge in [-0.1, -0.05) is 30.7 Å². The molecule has 0 bridgehead atoms. The summed E-state index contributed by atoms with van der Waals surface area (Å²) in [6.45, 7) is 6.67. The van der Waals surface area contributed by atoms with Crippen molar-refractivity contribution in [3.63, 3.8) is 0 Å². The summed E-state index contributed by atoms with van der Waals surface area (Å²) in [4.78, 5) is 22.7. The number of rotatable bonds is 7. The van der Waals surface area contributed by atoms with E-state index in [1.807, 2.05) is 18.7 Å². The predicted octanol–water partition coefficient (Wildman–Crippen LogP) is 4.40. The number of hydrogen-bond acceptors (Lipinski definition) is 7. The van der Waals surface area contributed by atoms with Crippen LogP contribution in [0, 0.1) is 11.7 Å². The standard InChI is InChI=1S/C25H26ClFN4O4S/c1-15-12-25(2,3)31(13-15)24-22(23(28)32)19(9-10-29-24)36(33,34)21-6-4-5-20(30-21)35-14-16-7-8-17(27)11-18(16)26/h4-11,15H,12-14H2,1-3H3,(H2,28,32). The summed E-state index contributed by atoms with van der Waals surface area (Å²) in [6, 6.07) is 9.38. The van der Waals surface area contributed by atoms with Gasteiger partial charge in [0, 0.05) is 29.9 Å². The average Bonchev–Trinajstić information content (AvgIpc) is 3.09. The molecule has 2 N–H and O–H groups in total. The van der Waals surface area contributed by atoms with E-state index in [0.717, 1.165) is 12.5 Å². The smallest absolute Gasteiger partial charge is 0.253 e. The first-order chi connectivity index (χ1) is 16.9. The number of carbonyl (C=O) groups is 1. The van der Waals surface area contributed by atoms with Crippen LogP contribution < -0.4 is 15.4 Å². The minimum absolute atomic E-state index is 0.0147. The molecule has 36 heavy (non-hydrogen) atoms. The van der Waals surface area contributed by atoms with Gasteiger partial charge in [0.15, 0.2) is 5.03 Å². The number of sulfone groups is 1. The number of anilines is 1. The van der Waals surface area contributed by atoms with Crippen LogP contribution in [0.2, 0.25) is 5.02 Å². The Morgan fingerprint density at radius 3 is 2.67 bits per heavy atom. The van der Waals surface area contributed by atoms with Crippen LogP contribution in [0.25, 0.3) is 0 Å². The molecule has 0 radical (unpaired) electrons. The molecule has 8 nitrogen and oxygen atoms in total. The second-order valence-electron chi connectivity index (χ2n) is 9.45. The fraction of sp³-hybridized carbons (Fsp3) is 0.320. The van der Waals surface area contributed by atoms with Gasteiger partial charge in [0.05, 0.1) is 9.92 Å². The molecule has 1 saturated heterocycles. The number of pyridine rings is 2. The highest BCUT2D eigenvalue weighted by atomic mass is 35.5. The largest absolute Gasteiger partial charge is 0.473 e. The molecule has 190 valence electrons. The van der Waals surface area contributed by atoms with E-state index in [0.29, 0.717) is 18.0 Å². The molecule has 3 heterocycles. The van der Waals surface area contributed by atoms with Gasteiger partial charge in [-0.05, 0) is 50.5 Å². The highest BCUT2D eigenvalue weighted by Crippen LogP contribution is 2.39. The molecule has 1 aliphatic heterocycles. The Morgan fingerprint density at radius 1 is 1.28 bits per heavy atom. The first-order valence-electron chi connectivity index (χ1n) is 11.3. The minimum Gasteiger partial charge on any atom is -0.473 e. The van der Waals surface area contributed by atoms with E-state index in [-0.39, 0.29) is 44.4 Å². The number of carbonyl (C=O) groups excluding carboxylic acids is 1. The number of primary amides is 1. The maximum atomic E-state index is 13.6. The molecule has 0 spiro atoms. The van der Waals surface area contributed by atoms with Gasteiger partial charge in [-0.25, -0.2) is 22.8 Å². The van der Waals surface area contributed by atoms with Gasteiger partial charge in [-0.15, -0.1) is 0 Å². The van der Waals surface area contributed by atoms with Crippen molar-refractivity contribution in [3.05, 3.63) is 70.6 Å². The quantitative estimate of drug-likeness (QED) is 0.479. The van der Waals surface area contributed by atoms with Crippen molar-refractivity contribution < 1.29 is 22.3 Å². The van der Waals surface area contributed by atoms with E-state index in [1.165, 1.54) is 42.6 Å². The Hall–Kier alpha value is -3.24. The van der Waals surface area contributed by atoms with Gasteiger partial charge in [-0.3, -0.25) is 4.79 Å². The zero-order valence-electron chi connectivity index (χ0n) is 20.0. The van der Waals surface area contributed by atoms with Gasteiger partial charge in [-0.2, -0.15) is 0 Å². The number of aromatic nitrogens is 2. The van der Waals surface area contributed by atoms with Crippen LogP contribution >= 0.6 is 11.6 Å². The monoisotopic (exact) mass is 532 g/mol. The van der Waals surface area contributed by atoms with Crippen molar-refractivity contribution in [2.45, 2.75) is 49.3 Å². The van der Waals surface area contributed by atoms with Gasteiger partial charge in [0.25, 0.3) is 5.91 Å². The van der Waals surface area contributed by atoms with E-state index < -0.39 is 21.6 Å². The van der Waals surface area contributed by atoms with E-state index >= 15 is 0 Å². The van der Waals surface area contributed by atoms with Crippen molar-refractivity contribution in [2.75, 3.05) is 11.4 Å². The number of halogens is 2. The summed E-state index contributed by atoms with van der Waals surface area (Å²) >= 11 is 6.03. The van der Waals surface area contributed by atoms with Crippen molar-refractivity contribution in [2.24, 2.45) is 11.7 Å². The summed E-state index contributed by atoms with van der Waals surface area (Å²) in [5, 5.41) is -0.146. The molecule has 11 heteroatoms. The number of nitrogens with two attached hydrogens (primary N) is 1. The van der Waals surface area contributed by atoms with Crippen LogP contribution in [0.1, 0.15) is 43.1 Å². The molecule has 1 aromatic carbocycles.